The summed E-state index contributed by atoms with van der Waals surface area (Å²) >= 11 is 0. The summed E-state index contributed by atoms with van der Waals surface area (Å²) in [6.45, 7) is 0. The van der Waals surface area contributed by atoms with Crippen LogP contribution in [0, 0.1) is 0 Å². The van der Waals surface area contributed by atoms with E-state index in [1.165, 1.54) is 24.3 Å². The van der Waals surface area contributed by atoms with Gasteiger partial charge in [-0.3, -0.25) is 0 Å². The molecule has 0 fully saturated rings. The quantitative estimate of drug-likeness (QED) is 0.816. The average Bonchev–Trinajstić information content (AvgIpc) is 2.47. The Bertz CT molecular complexity index is 691. The van der Waals surface area contributed by atoms with Crippen molar-refractivity contribution >= 4 is 5.97 Å². The van der Waals surface area contributed by atoms with Crippen molar-refractivity contribution in [2.45, 2.75) is 12.1 Å². The minimum atomic E-state index is -5.68. The smallest absolute Gasteiger partial charge is 0.458 e. The Labute approximate surface area is 126 Å². The van der Waals surface area contributed by atoms with E-state index < -0.39 is 23.6 Å². The van der Waals surface area contributed by atoms with Crippen molar-refractivity contribution in [3.8, 4) is 11.5 Å². The van der Waals surface area contributed by atoms with Gasteiger partial charge in [0.25, 0.3) is 0 Å². The van der Waals surface area contributed by atoms with Crippen molar-refractivity contribution in [1.82, 2.24) is 0 Å². The van der Waals surface area contributed by atoms with Crippen LogP contribution < -0.4 is 4.74 Å². The molecule has 0 radical (unpaired) electrons. The molecule has 2 aromatic carbocycles. The van der Waals surface area contributed by atoms with Gasteiger partial charge in [0.05, 0.1) is 5.56 Å². The fourth-order valence-corrected chi connectivity index (χ4v) is 1.70. The van der Waals surface area contributed by atoms with Gasteiger partial charge in [0.15, 0.2) is 0 Å². The standard InChI is InChI=1S/C15H9F5O3/c16-14(17,15(18,19)20)10-3-7-12(8-4-10)23-11-5-1-9(2-6-11)13(21)22/h1-8H,(H,21,22). The molecule has 2 aromatic rings. The number of ether oxygens (including phenoxy) is 1. The molecule has 23 heavy (non-hydrogen) atoms. The Kier molecular flexibility index (Phi) is 4.26. The van der Waals surface area contributed by atoms with E-state index in [0.29, 0.717) is 12.1 Å². The molecule has 0 saturated carbocycles. The molecule has 0 aliphatic carbocycles. The molecule has 0 saturated heterocycles. The fourth-order valence-electron chi connectivity index (χ4n) is 1.70. The summed E-state index contributed by atoms with van der Waals surface area (Å²) in [6.07, 6.45) is -5.68. The molecule has 0 aromatic heterocycles. The van der Waals surface area contributed by atoms with Crippen LogP contribution in [0.5, 0.6) is 11.5 Å². The van der Waals surface area contributed by atoms with Crippen molar-refractivity contribution in [3.05, 3.63) is 59.7 Å². The van der Waals surface area contributed by atoms with Gasteiger partial charge >= 0.3 is 18.1 Å². The molecule has 8 heteroatoms. The zero-order valence-electron chi connectivity index (χ0n) is 11.3. The van der Waals surface area contributed by atoms with E-state index in [2.05, 4.69) is 0 Å². The number of hydrogen-bond acceptors (Lipinski definition) is 2. The number of aromatic carboxylic acids is 1. The third-order valence-corrected chi connectivity index (χ3v) is 2.91. The summed E-state index contributed by atoms with van der Waals surface area (Å²) in [5, 5.41) is 8.73. The third-order valence-electron chi connectivity index (χ3n) is 2.91. The second-order valence-electron chi connectivity index (χ2n) is 4.53. The summed E-state index contributed by atoms with van der Waals surface area (Å²) in [5.74, 6) is -5.83. The number of hydrogen-bond donors (Lipinski definition) is 1. The lowest BCUT2D eigenvalue weighted by atomic mass is 10.1. The maximum atomic E-state index is 13.1. The van der Waals surface area contributed by atoms with Crippen LogP contribution in [0.1, 0.15) is 15.9 Å². The molecule has 2 rings (SSSR count). The zero-order valence-corrected chi connectivity index (χ0v) is 11.3. The first kappa shape index (κ1) is 16.7. The lowest BCUT2D eigenvalue weighted by molar-refractivity contribution is -0.289. The number of alkyl halides is 5. The monoisotopic (exact) mass is 332 g/mol. The molecule has 0 amide bonds. The highest BCUT2D eigenvalue weighted by Crippen LogP contribution is 2.44. The van der Waals surface area contributed by atoms with E-state index in [1.807, 2.05) is 0 Å². The second-order valence-corrected chi connectivity index (χ2v) is 4.53. The van der Waals surface area contributed by atoms with E-state index in [4.69, 9.17) is 9.84 Å². The van der Waals surface area contributed by atoms with Gasteiger partial charge in [0.1, 0.15) is 11.5 Å². The maximum Gasteiger partial charge on any atom is 0.458 e. The molecular weight excluding hydrogens is 323 g/mol. The van der Waals surface area contributed by atoms with Crippen LogP contribution >= 0.6 is 0 Å². The lowest BCUT2D eigenvalue weighted by Crippen LogP contribution is -2.33. The third kappa shape index (κ3) is 3.58. The summed E-state index contributed by atoms with van der Waals surface area (Å²) in [6, 6.07) is 8.39. The van der Waals surface area contributed by atoms with Gasteiger partial charge in [-0.2, -0.15) is 22.0 Å². The van der Waals surface area contributed by atoms with Crippen molar-refractivity contribution in [2.75, 3.05) is 0 Å². The molecule has 0 aliphatic rings. The predicted molar refractivity (Wildman–Crippen MR) is 69.9 cm³/mol. The van der Waals surface area contributed by atoms with Gasteiger partial charge in [-0.05, 0) is 48.5 Å². The first-order chi connectivity index (χ1) is 10.6. The molecule has 0 bridgehead atoms. The molecule has 0 atom stereocenters. The largest absolute Gasteiger partial charge is 0.478 e. The Hall–Kier alpha value is -2.64. The van der Waals surface area contributed by atoms with Gasteiger partial charge in [0.2, 0.25) is 0 Å². The molecule has 3 nitrogen and oxygen atoms in total. The predicted octanol–water partition coefficient (Wildman–Crippen LogP) is 4.83. The molecule has 0 unspecified atom stereocenters. The normalized spacial score (nSPS) is 12.0. The molecule has 0 aliphatic heterocycles. The average molecular weight is 332 g/mol. The first-order valence-corrected chi connectivity index (χ1v) is 6.17. The topological polar surface area (TPSA) is 46.5 Å². The van der Waals surface area contributed by atoms with Crippen molar-refractivity contribution in [3.63, 3.8) is 0 Å². The Morgan fingerprint density at radius 1 is 0.826 bits per heavy atom. The van der Waals surface area contributed by atoms with E-state index in [-0.39, 0.29) is 17.1 Å². The van der Waals surface area contributed by atoms with Crippen molar-refractivity contribution in [2.24, 2.45) is 0 Å². The second kappa shape index (κ2) is 5.86. The van der Waals surface area contributed by atoms with Gasteiger partial charge in [0, 0.05) is 5.56 Å². The van der Waals surface area contributed by atoms with Crippen LogP contribution in [0.3, 0.4) is 0 Å². The van der Waals surface area contributed by atoms with Crippen LogP contribution in [-0.4, -0.2) is 17.3 Å². The van der Waals surface area contributed by atoms with E-state index >= 15 is 0 Å². The van der Waals surface area contributed by atoms with Crippen LogP contribution in [0.15, 0.2) is 48.5 Å². The molecule has 0 heterocycles. The van der Waals surface area contributed by atoms with Gasteiger partial charge in [-0.15, -0.1) is 0 Å². The number of carboxylic acid groups (broad SMARTS) is 1. The van der Waals surface area contributed by atoms with Crippen LogP contribution in [0.25, 0.3) is 0 Å². The van der Waals surface area contributed by atoms with E-state index in [9.17, 15) is 26.7 Å². The molecule has 1 N–H and O–H groups in total. The highest BCUT2D eigenvalue weighted by molar-refractivity contribution is 5.87. The molecular formula is C15H9F5O3. The highest BCUT2D eigenvalue weighted by Gasteiger charge is 2.58. The number of halogens is 5. The van der Waals surface area contributed by atoms with Crippen LogP contribution in [-0.2, 0) is 5.92 Å². The fraction of sp³-hybridized carbons (Fsp3) is 0.133. The SMILES string of the molecule is O=C(O)c1ccc(Oc2ccc(C(F)(F)C(F)(F)F)cc2)cc1. The maximum absolute atomic E-state index is 13.1. The van der Waals surface area contributed by atoms with Crippen LogP contribution in [0.4, 0.5) is 22.0 Å². The van der Waals surface area contributed by atoms with Gasteiger partial charge in [-0.25, -0.2) is 4.79 Å². The number of rotatable bonds is 4. The Morgan fingerprint density at radius 3 is 1.65 bits per heavy atom. The zero-order chi connectivity index (χ0) is 17.3. The summed E-state index contributed by atoms with van der Waals surface area (Å²) in [5.41, 5.74) is -1.17. The number of carbonyl (C=O) groups is 1. The Balaban J connectivity index is 2.16. The van der Waals surface area contributed by atoms with Crippen molar-refractivity contribution in [1.29, 1.82) is 0 Å². The summed E-state index contributed by atoms with van der Waals surface area (Å²) < 4.78 is 68.2. The van der Waals surface area contributed by atoms with E-state index in [0.717, 1.165) is 12.1 Å². The highest BCUT2D eigenvalue weighted by atomic mass is 19.4. The number of carboxylic acids is 1. The Morgan fingerprint density at radius 2 is 1.26 bits per heavy atom. The molecule has 0 spiro atoms. The molecule has 122 valence electrons. The lowest BCUT2D eigenvalue weighted by Gasteiger charge is -2.20. The van der Waals surface area contributed by atoms with Gasteiger partial charge < -0.3 is 9.84 Å². The van der Waals surface area contributed by atoms with Gasteiger partial charge in [-0.1, -0.05) is 0 Å². The van der Waals surface area contributed by atoms with Crippen molar-refractivity contribution < 1.29 is 36.6 Å². The van der Waals surface area contributed by atoms with Crippen LogP contribution in [0.2, 0.25) is 0 Å². The van der Waals surface area contributed by atoms with E-state index in [1.54, 1.807) is 0 Å². The minimum absolute atomic E-state index is 0.0255. The summed E-state index contributed by atoms with van der Waals surface area (Å²) in [7, 11) is 0. The number of benzene rings is 2. The minimum Gasteiger partial charge on any atom is -0.478 e. The summed E-state index contributed by atoms with van der Waals surface area (Å²) in [4.78, 5) is 10.7. The first-order valence-electron chi connectivity index (χ1n) is 6.17.